The van der Waals surface area contributed by atoms with Crippen LogP contribution in [0.15, 0.2) is 24.3 Å². The Labute approximate surface area is 164 Å². The van der Waals surface area contributed by atoms with E-state index in [1.54, 1.807) is 24.3 Å². The molecule has 0 aliphatic heterocycles. The van der Waals surface area contributed by atoms with E-state index in [1.807, 2.05) is 13.8 Å². The molecule has 1 aromatic carbocycles. The lowest BCUT2D eigenvalue weighted by Gasteiger charge is -2.14. The Morgan fingerprint density at radius 1 is 0.778 bits per heavy atom. The molecule has 0 aliphatic carbocycles. The number of carbonyl (C=O) groups excluding carboxylic acids is 2. The number of ether oxygens (including phenoxy) is 2. The molecular weight excluding hydrogens is 340 g/mol. The minimum atomic E-state index is -0.272. The Bertz CT molecular complexity index is 549. The van der Waals surface area contributed by atoms with Gasteiger partial charge in [-0.1, -0.05) is 77.8 Å². The van der Waals surface area contributed by atoms with Gasteiger partial charge in [-0.2, -0.15) is 0 Å². The zero-order chi connectivity index (χ0) is 19.9. The molecule has 0 amide bonds. The largest absolute Gasteiger partial charge is 0.423 e. The van der Waals surface area contributed by atoms with Crippen LogP contribution in [-0.4, -0.2) is 11.9 Å². The van der Waals surface area contributed by atoms with Crippen LogP contribution >= 0.6 is 0 Å². The number of benzene rings is 1. The van der Waals surface area contributed by atoms with E-state index in [1.165, 1.54) is 38.5 Å². The lowest BCUT2D eigenvalue weighted by molar-refractivity contribution is -0.140. The summed E-state index contributed by atoms with van der Waals surface area (Å²) in [6.07, 6.45) is 11.3. The molecule has 0 heterocycles. The highest BCUT2D eigenvalue weighted by molar-refractivity contribution is 5.77. The van der Waals surface area contributed by atoms with Crippen LogP contribution in [0.25, 0.3) is 0 Å². The highest BCUT2D eigenvalue weighted by Crippen LogP contribution is 2.28. The molecule has 0 aromatic heterocycles. The zero-order valence-electron chi connectivity index (χ0n) is 17.3. The topological polar surface area (TPSA) is 52.6 Å². The van der Waals surface area contributed by atoms with Crippen molar-refractivity contribution in [2.24, 2.45) is 5.92 Å². The average Bonchev–Trinajstić information content (AvgIpc) is 2.66. The van der Waals surface area contributed by atoms with Gasteiger partial charge in [0.25, 0.3) is 0 Å². The molecule has 4 heteroatoms. The van der Waals surface area contributed by atoms with E-state index in [2.05, 4.69) is 6.92 Å². The summed E-state index contributed by atoms with van der Waals surface area (Å²) in [5.74, 6) is -0.0373. The first kappa shape index (κ1) is 23.2. The lowest BCUT2D eigenvalue weighted by Crippen LogP contribution is -2.20. The van der Waals surface area contributed by atoms with E-state index in [9.17, 15) is 9.59 Å². The predicted molar refractivity (Wildman–Crippen MR) is 109 cm³/mol. The van der Waals surface area contributed by atoms with Crippen molar-refractivity contribution in [3.05, 3.63) is 24.3 Å². The van der Waals surface area contributed by atoms with Gasteiger partial charge in [0.15, 0.2) is 11.5 Å². The third-order valence-electron chi connectivity index (χ3n) is 4.84. The van der Waals surface area contributed by atoms with Gasteiger partial charge in [-0.25, -0.2) is 0 Å². The standard InChI is InChI=1S/C23H36O4/c1-4-7-8-9-10-11-12-13-18-22(24)26-20-16-14-15-17-21(20)27-23(25)19(5-2)6-3/h14-17,19H,4-13,18H2,1-3H3. The first-order chi connectivity index (χ1) is 13.1. The molecule has 0 fully saturated rings. The van der Waals surface area contributed by atoms with Crippen molar-refractivity contribution >= 4 is 11.9 Å². The summed E-state index contributed by atoms with van der Waals surface area (Å²) in [6.45, 7) is 6.15. The van der Waals surface area contributed by atoms with Gasteiger partial charge in [-0.05, 0) is 31.4 Å². The Balaban J connectivity index is 2.38. The molecule has 0 spiro atoms. The molecule has 1 aromatic rings. The summed E-state index contributed by atoms with van der Waals surface area (Å²) >= 11 is 0. The Morgan fingerprint density at radius 2 is 1.30 bits per heavy atom. The second kappa shape index (κ2) is 14.2. The van der Waals surface area contributed by atoms with Crippen LogP contribution in [-0.2, 0) is 9.59 Å². The van der Waals surface area contributed by atoms with E-state index < -0.39 is 0 Å². The summed E-state index contributed by atoms with van der Waals surface area (Å²) in [7, 11) is 0. The number of esters is 2. The Kier molecular flexibility index (Phi) is 12.2. The summed E-state index contributed by atoms with van der Waals surface area (Å²) in [5, 5.41) is 0. The van der Waals surface area contributed by atoms with Gasteiger partial charge in [-0.15, -0.1) is 0 Å². The molecule has 0 radical (unpaired) electrons. The van der Waals surface area contributed by atoms with Crippen LogP contribution in [0.4, 0.5) is 0 Å². The van der Waals surface area contributed by atoms with Gasteiger partial charge in [0.1, 0.15) is 0 Å². The number of hydrogen-bond acceptors (Lipinski definition) is 4. The maximum atomic E-state index is 12.2. The van der Waals surface area contributed by atoms with E-state index in [0.29, 0.717) is 17.9 Å². The fourth-order valence-electron chi connectivity index (χ4n) is 3.01. The average molecular weight is 377 g/mol. The van der Waals surface area contributed by atoms with Crippen molar-refractivity contribution in [1.82, 2.24) is 0 Å². The molecule has 0 saturated heterocycles. The first-order valence-electron chi connectivity index (χ1n) is 10.6. The van der Waals surface area contributed by atoms with Crippen molar-refractivity contribution in [2.45, 2.75) is 91.4 Å². The monoisotopic (exact) mass is 376 g/mol. The van der Waals surface area contributed by atoms with Crippen LogP contribution in [0.3, 0.4) is 0 Å². The van der Waals surface area contributed by atoms with Crippen molar-refractivity contribution in [3.63, 3.8) is 0 Å². The number of rotatable bonds is 14. The quantitative estimate of drug-likeness (QED) is 0.212. The Morgan fingerprint density at radius 3 is 1.85 bits per heavy atom. The SMILES string of the molecule is CCCCCCCCCCC(=O)Oc1ccccc1OC(=O)C(CC)CC. The minimum Gasteiger partial charge on any atom is -0.423 e. The number of hydrogen-bond donors (Lipinski definition) is 0. The van der Waals surface area contributed by atoms with Crippen LogP contribution in [0, 0.1) is 5.92 Å². The van der Waals surface area contributed by atoms with Crippen molar-refractivity contribution < 1.29 is 19.1 Å². The van der Waals surface area contributed by atoms with Gasteiger partial charge in [-0.3, -0.25) is 9.59 Å². The highest BCUT2D eigenvalue weighted by atomic mass is 16.6. The first-order valence-corrected chi connectivity index (χ1v) is 10.6. The molecule has 0 saturated carbocycles. The van der Waals surface area contributed by atoms with Crippen molar-refractivity contribution in [1.29, 1.82) is 0 Å². The molecule has 152 valence electrons. The van der Waals surface area contributed by atoms with E-state index >= 15 is 0 Å². The summed E-state index contributed by atoms with van der Waals surface area (Å²) in [6, 6.07) is 6.87. The van der Waals surface area contributed by atoms with Crippen molar-refractivity contribution in [2.75, 3.05) is 0 Å². The number of carbonyl (C=O) groups is 2. The van der Waals surface area contributed by atoms with Gasteiger partial charge < -0.3 is 9.47 Å². The maximum absolute atomic E-state index is 12.2. The minimum absolute atomic E-state index is 0.133. The molecule has 4 nitrogen and oxygen atoms in total. The maximum Gasteiger partial charge on any atom is 0.314 e. The van der Waals surface area contributed by atoms with Crippen LogP contribution in [0.2, 0.25) is 0 Å². The summed E-state index contributed by atoms with van der Waals surface area (Å²) in [5.41, 5.74) is 0. The molecule has 1 rings (SSSR count). The normalized spacial score (nSPS) is 10.8. The predicted octanol–water partition coefficient (Wildman–Crippen LogP) is 6.46. The Hall–Kier alpha value is -1.84. The molecule has 0 bridgehead atoms. The fraction of sp³-hybridized carbons (Fsp3) is 0.652. The number of unbranched alkanes of at least 4 members (excludes halogenated alkanes) is 7. The summed E-state index contributed by atoms with van der Waals surface area (Å²) in [4.78, 5) is 24.3. The van der Waals surface area contributed by atoms with Crippen LogP contribution < -0.4 is 9.47 Å². The number of para-hydroxylation sites is 2. The zero-order valence-corrected chi connectivity index (χ0v) is 17.3. The molecule has 0 aliphatic rings. The molecule has 0 N–H and O–H groups in total. The second-order valence-electron chi connectivity index (χ2n) is 7.08. The van der Waals surface area contributed by atoms with E-state index in [0.717, 1.165) is 25.7 Å². The van der Waals surface area contributed by atoms with E-state index in [-0.39, 0.29) is 17.9 Å². The van der Waals surface area contributed by atoms with Gasteiger partial charge in [0, 0.05) is 6.42 Å². The molecule has 0 unspecified atom stereocenters. The molecule has 27 heavy (non-hydrogen) atoms. The smallest absolute Gasteiger partial charge is 0.314 e. The third kappa shape index (κ3) is 9.60. The van der Waals surface area contributed by atoms with Gasteiger partial charge in [0.05, 0.1) is 5.92 Å². The van der Waals surface area contributed by atoms with Gasteiger partial charge >= 0.3 is 11.9 Å². The fourth-order valence-corrected chi connectivity index (χ4v) is 3.01. The second-order valence-corrected chi connectivity index (χ2v) is 7.08. The molecule has 0 atom stereocenters. The summed E-state index contributed by atoms with van der Waals surface area (Å²) < 4.78 is 10.9. The molecular formula is C23H36O4. The third-order valence-corrected chi connectivity index (χ3v) is 4.84. The van der Waals surface area contributed by atoms with Crippen molar-refractivity contribution in [3.8, 4) is 11.5 Å². The van der Waals surface area contributed by atoms with Gasteiger partial charge in [0.2, 0.25) is 0 Å². The van der Waals surface area contributed by atoms with E-state index in [4.69, 9.17) is 9.47 Å². The van der Waals surface area contributed by atoms with Crippen LogP contribution in [0.1, 0.15) is 91.4 Å². The lowest BCUT2D eigenvalue weighted by atomic mass is 10.0. The highest BCUT2D eigenvalue weighted by Gasteiger charge is 2.19. The van der Waals surface area contributed by atoms with Crippen LogP contribution in [0.5, 0.6) is 11.5 Å².